The van der Waals surface area contributed by atoms with Gasteiger partial charge in [-0.05, 0) is 56.5 Å². The molecule has 3 rings (SSSR count). The molecule has 0 amide bonds. The summed E-state index contributed by atoms with van der Waals surface area (Å²) in [6.45, 7) is 11.5. The van der Waals surface area contributed by atoms with Crippen molar-refractivity contribution in [3.05, 3.63) is 0 Å². The van der Waals surface area contributed by atoms with E-state index in [1.165, 1.54) is 57.3 Å². The second kappa shape index (κ2) is 5.91. The van der Waals surface area contributed by atoms with Gasteiger partial charge < -0.3 is 4.84 Å². The second-order valence-corrected chi connectivity index (χ2v) is 8.12. The average Bonchev–Trinajstić information content (AvgIpc) is 2.73. The number of nitrogens with zero attached hydrogens (tertiary/aromatic N) is 2. The van der Waals surface area contributed by atoms with Crippen LogP contribution in [-0.2, 0) is 4.84 Å². The predicted octanol–water partition coefficient (Wildman–Crippen LogP) is 4.08. The lowest BCUT2D eigenvalue weighted by Gasteiger charge is -2.34. The van der Waals surface area contributed by atoms with Crippen molar-refractivity contribution in [3.63, 3.8) is 0 Å². The van der Waals surface area contributed by atoms with Crippen molar-refractivity contribution < 1.29 is 4.84 Å². The van der Waals surface area contributed by atoms with E-state index in [9.17, 15) is 0 Å². The van der Waals surface area contributed by atoms with Crippen LogP contribution >= 0.6 is 0 Å². The zero-order chi connectivity index (χ0) is 14.9. The van der Waals surface area contributed by atoms with Crippen LogP contribution in [-0.4, -0.2) is 36.9 Å². The van der Waals surface area contributed by atoms with Gasteiger partial charge in [0, 0.05) is 12.0 Å². The fourth-order valence-corrected chi connectivity index (χ4v) is 4.72. The molecule has 21 heavy (non-hydrogen) atoms. The summed E-state index contributed by atoms with van der Waals surface area (Å²) in [5.74, 6) is 0.815. The Morgan fingerprint density at radius 3 is 2.43 bits per heavy atom. The number of rotatable bonds is 4. The Bertz CT molecular complexity index is 396. The van der Waals surface area contributed by atoms with Gasteiger partial charge in [-0.2, -0.15) is 0 Å². The lowest BCUT2D eigenvalue weighted by Crippen LogP contribution is -2.33. The van der Waals surface area contributed by atoms with Crippen LogP contribution in [0, 0.1) is 16.7 Å². The quantitative estimate of drug-likeness (QED) is 0.576. The van der Waals surface area contributed by atoms with Crippen molar-refractivity contribution in [2.45, 2.75) is 65.7 Å². The van der Waals surface area contributed by atoms with Gasteiger partial charge >= 0.3 is 0 Å². The van der Waals surface area contributed by atoms with Crippen LogP contribution in [0.2, 0.25) is 0 Å². The van der Waals surface area contributed by atoms with Gasteiger partial charge in [0.25, 0.3) is 0 Å². The Morgan fingerprint density at radius 2 is 1.86 bits per heavy atom. The van der Waals surface area contributed by atoms with E-state index in [0.29, 0.717) is 5.41 Å². The van der Waals surface area contributed by atoms with E-state index in [1.807, 2.05) is 0 Å². The molecule has 120 valence electrons. The first-order valence-electron chi connectivity index (χ1n) is 8.96. The largest absolute Gasteiger partial charge is 0.394 e. The molecular weight excluding hydrogens is 260 g/mol. The molecule has 2 saturated carbocycles. The monoisotopic (exact) mass is 292 g/mol. The minimum atomic E-state index is 0.278. The maximum Gasteiger partial charge on any atom is 0.129 e. The number of hydrogen-bond donors (Lipinski definition) is 0. The minimum Gasteiger partial charge on any atom is -0.394 e. The third-order valence-electron chi connectivity index (χ3n) is 6.88. The normalized spacial score (nSPS) is 37.9. The molecule has 0 unspecified atom stereocenters. The molecule has 3 heteroatoms. The fraction of sp³-hybridized carbons (Fsp3) is 0.944. The Hall–Kier alpha value is -0.570. The van der Waals surface area contributed by atoms with Gasteiger partial charge in [0.05, 0.1) is 5.71 Å². The van der Waals surface area contributed by atoms with E-state index in [0.717, 1.165) is 25.5 Å². The van der Waals surface area contributed by atoms with Gasteiger partial charge in [-0.3, -0.25) is 4.90 Å². The average molecular weight is 292 g/mol. The molecule has 0 N–H and O–H groups in total. The van der Waals surface area contributed by atoms with Crippen LogP contribution in [0.25, 0.3) is 0 Å². The predicted molar refractivity (Wildman–Crippen MR) is 87.5 cm³/mol. The van der Waals surface area contributed by atoms with Gasteiger partial charge in [0.15, 0.2) is 0 Å². The number of oxime groups is 1. The Kier molecular flexibility index (Phi) is 4.31. The fourth-order valence-electron chi connectivity index (χ4n) is 4.72. The van der Waals surface area contributed by atoms with E-state index in [-0.39, 0.29) is 5.41 Å². The second-order valence-electron chi connectivity index (χ2n) is 8.12. The molecule has 2 aliphatic carbocycles. The summed E-state index contributed by atoms with van der Waals surface area (Å²) in [6, 6.07) is 0. The molecule has 0 spiro atoms. The van der Waals surface area contributed by atoms with Gasteiger partial charge in [-0.15, -0.1) is 0 Å². The van der Waals surface area contributed by atoms with Gasteiger partial charge in [0.2, 0.25) is 0 Å². The van der Waals surface area contributed by atoms with Crippen molar-refractivity contribution in [3.8, 4) is 0 Å². The number of fused-ring (bicyclic) bond motifs is 2. The highest BCUT2D eigenvalue weighted by atomic mass is 16.6. The maximum atomic E-state index is 5.72. The van der Waals surface area contributed by atoms with Crippen molar-refractivity contribution in [1.29, 1.82) is 0 Å². The van der Waals surface area contributed by atoms with Gasteiger partial charge in [-0.1, -0.05) is 38.8 Å². The lowest BCUT2D eigenvalue weighted by molar-refractivity contribution is 0.107. The molecule has 2 atom stereocenters. The van der Waals surface area contributed by atoms with Crippen LogP contribution in [0.15, 0.2) is 5.16 Å². The molecule has 1 heterocycles. The van der Waals surface area contributed by atoms with Gasteiger partial charge in [-0.25, -0.2) is 0 Å². The first kappa shape index (κ1) is 15.3. The molecule has 3 fully saturated rings. The van der Waals surface area contributed by atoms with Crippen LogP contribution < -0.4 is 0 Å². The Labute approximate surface area is 130 Å². The summed E-state index contributed by atoms with van der Waals surface area (Å²) in [7, 11) is 0. The highest BCUT2D eigenvalue weighted by molar-refractivity contribution is 5.93. The molecule has 1 aliphatic heterocycles. The van der Waals surface area contributed by atoms with Crippen molar-refractivity contribution in [2.24, 2.45) is 21.9 Å². The summed E-state index contributed by atoms with van der Waals surface area (Å²) >= 11 is 0. The topological polar surface area (TPSA) is 24.8 Å². The minimum absolute atomic E-state index is 0.278. The number of hydrogen-bond acceptors (Lipinski definition) is 3. The van der Waals surface area contributed by atoms with Crippen LogP contribution in [0.4, 0.5) is 0 Å². The first-order valence-corrected chi connectivity index (χ1v) is 8.96. The van der Waals surface area contributed by atoms with Crippen LogP contribution in [0.1, 0.15) is 65.7 Å². The molecule has 0 aromatic carbocycles. The van der Waals surface area contributed by atoms with E-state index < -0.39 is 0 Å². The molecule has 3 nitrogen and oxygen atoms in total. The standard InChI is InChI=1S/C18H32N2O/c1-17(2)15-8-9-18(17,3)16(14-15)19-21-13-12-20-10-6-4-5-7-11-20/h15H,4-14H2,1-3H3/b19-16+/t15-,18+/m1/s1. The number of likely N-dealkylation sites (tertiary alicyclic amines) is 1. The van der Waals surface area contributed by atoms with E-state index in [4.69, 9.17) is 4.84 Å². The van der Waals surface area contributed by atoms with Crippen molar-refractivity contribution in [2.75, 3.05) is 26.2 Å². The SMILES string of the molecule is CC1(C)[C@@H]2CC[C@@]1(C)/C(=N/OCCN1CCCCCC1)C2. The molecule has 0 radical (unpaired) electrons. The smallest absolute Gasteiger partial charge is 0.129 e. The van der Waals surface area contributed by atoms with Crippen LogP contribution in [0.5, 0.6) is 0 Å². The van der Waals surface area contributed by atoms with E-state index in [2.05, 4.69) is 30.8 Å². The van der Waals surface area contributed by atoms with E-state index in [1.54, 1.807) is 0 Å². The Balaban J connectivity index is 1.49. The molecular formula is C18H32N2O. The summed E-state index contributed by atoms with van der Waals surface area (Å²) in [5, 5.41) is 4.57. The summed E-state index contributed by atoms with van der Waals surface area (Å²) in [5.41, 5.74) is 2.01. The first-order chi connectivity index (χ1) is 10.0. The zero-order valence-corrected chi connectivity index (χ0v) is 14.2. The maximum absolute atomic E-state index is 5.72. The highest BCUT2D eigenvalue weighted by Crippen LogP contribution is 2.63. The van der Waals surface area contributed by atoms with Crippen molar-refractivity contribution >= 4 is 5.71 Å². The summed E-state index contributed by atoms with van der Waals surface area (Å²) in [4.78, 5) is 8.26. The lowest BCUT2D eigenvalue weighted by atomic mass is 9.70. The molecule has 0 aromatic rings. The third kappa shape index (κ3) is 2.74. The Morgan fingerprint density at radius 1 is 1.14 bits per heavy atom. The van der Waals surface area contributed by atoms with Crippen LogP contribution in [0.3, 0.4) is 0 Å². The molecule has 1 saturated heterocycles. The summed E-state index contributed by atoms with van der Waals surface area (Å²) < 4.78 is 0. The zero-order valence-electron chi connectivity index (χ0n) is 14.2. The molecule has 3 aliphatic rings. The van der Waals surface area contributed by atoms with E-state index >= 15 is 0 Å². The van der Waals surface area contributed by atoms with Gasteiger partial charge in [0.1, 0.15) is 6.61 Å². The summed E-state index contributed by atoms with van der Waals surface area (Å²) in [6.07, 6.45) is 9.32. The third-order valence-corrected chi connectivity index (χ3v) is 6.88. The molecule has 2 bridgehead atoms. The molecule has 0 aromatic heterocycles. The highest BCUT2D eigenvalue weighted by Gasteiger charge is 2.60. The van der Waals surface area contributed by atoms with Crippen molar-refractivity contribution in [1.82, 2.24) is 4.90 Å².